The van der Waals surface area contributed by atoms with Crippen molar-refractivity contribution >= 4 is 55.1 Å². The van der Waals surface area contributed by atoms with Crippen LogP contribution in [0.1, 0.15) is 21.7 Å². The topological polar surface area (TPSA) is 55.4 Å². The summed E-state index contributed by atoms with van der Waals surface area (Å²) in [6.07, 6.45) is -3.51. The normalized spacial score (nSPS) is 12.3. The summed E-state index contributed by atoms with van der Waals surface area (Å²) in [5.41, 5.74) is 0.667. The molecule has 0 aliphatic heterocycles. The smallest absolute Gasteiger partial charge is 0.328 e. The molecule has 0 aliphatic carbocycles. The summed E-state index contributed by atoms with van der Waals surface area (Å²) in [5.74, 6) is -1.49. The van der Waals surface area contributed by atoms with Crippen molar-refractivity contribution in [2.45, 2.75) is 25.8 Å². The largest absolute Gasteiger partial charge is 0.467 e. The van der Waals surface area contributed by atoms with E-state index in [-0.39, 0.29) is 0 Å². The monoisotopic (exact) mass is 433 g/mol. The molecule has 4 nitrogen and oxygen atoms in total. The lowest BCUT2D eigenvalue weighted by Gasteiger charge is -2.15. The number of amides is 1. The average molecular weight is 435 g/mol. The molecule has 0 saturated carbocycles. The number of carbonyl (C=O) groups is 2. The second kappa shape index (κ2) is 7.46. The Morgan fingerprint density at radius 2 is 2.00 bits per heavy atom. The molecule has 1 heterocycles. The van der Waals surface area contributed by atoms with Crippen molar-refractivity contribution in [2.75, 3.05) is 7.11 Å². The zero-order valence-electron chi connectivity index (χ0n) is 10.5. The lowest BCUT2D eigenvalue weighted by Crippen LogP contribution is -2.42. The van der Waals surface area contributed by atoms with Gasteiger partial charge >= 0.3 is 5.97 Å². The van der Waals surface area contributed by atoms with Crippen LogP contribution in [0, 0.1) is 6.92 Å². The summed E-state index contributed by atoms with van der Waals surface area (Å²) in [6, 6.07) is -1.37. The van der Waals surface area contributed by atoms with Crippen molar-refractivity contribution in [3.05, 3.63) is 18.7 Å². The zero-order chi connectivity index (χ0) is 15.4. The van der Waals surface area contributed by atoms with E-state index in [2.05, 4.69) is 41.9 Å². The van der Waals surface area contributed by atoms with Gasteiger partial charge in [0.1, 0.15) is 6.04 Å². The van der Waals surface area contributed by atoms with E-state index in [1.165, 1.54) is 0 Å². The fourth-order valence-corrected chi connectivity index (χ4v) is 3.62. The third kappa shape index (κ3) is 4.23. The minimum absolute atomic E-state index is 0.340. The van der Waals surface area contributed by atoms with Crippen molar-refractivity contribution in [2.24, 2.45) is 0 Å². The highest BCUT2D eigenvalue weighted by Crippen LogP contribution is 2.36. The Kier molecular flexibility index (Phi) is 6.53. The van der Waals surface area contributed by atoms with E-state index in [4.69, 9.17) is 0 Å². The highest BCUT2D eigenvalue weighted by molar-refractivity contribution is 9.13. The second-order valence-corrected chi connectivity index (χ2v) is 6.95. The van der Waals surface area contributed by atoms with Gasteiger partial charge in [0, 0.05) is 10.9 Å². The van der Waals surface area contributed by atoms with Gasteiger partial charge in [-0.2, -0.15) is 0 Å². The van der Waals surface area contributed by atoms with E-state index < -0.39 is 30.8 Å². The molecule has 1 unspecified atom stereocenters. The Morgan fingerprint density at radius 1 is 1.40 bits per heavy atom. The summed E-state index contributed by atoms with van der Waals surface area (Å²) in [4.78, 5) is 23.8. The van der Waals surface area contributed by atoms with Gasteiger partial charge in [-0.1, -0.05) is 0 Å². The Balaban J connectivity index is 2.90. The van der Waals surface area contributed by atoms with Crippen molar-refractivity contribution in [1.29, 1.82) is 0 Å². The number of carbonyl (C=O) groups excluding carboxylic acids is 2. The van der Waals surface area contributed by atoms with Crippen molar-refractivity contribution in [1.82, 2.24) is 5.32 Å². The van der Waals surface area contributed by atoms with Crippen LogP contribution in [0.15, 0.2) is 8.26 Å². The zero-order valence-corrected chi connectivity index (χ0v) is 14.5. The molecule has 1 aromatic rings. The van der Waals surface area contributed by atoms with E-state index in [0.29, 0.717) is 14.2 Å². The Hall–Kier alpha value is -0.540. The van der Waals surface area contributed by atoms with Gasteiger partial charge in [-0.05, 0) is 44.3 Å². The predicted molar refractivity (Wildman–Crippen MR) is 78.3 cm³/mol. The summed E-state index contributed by atoms with van der Waals surface area (Å²) in [6.45, 7) is 1.71. The Morgan fingerprint density at radius 3 is 2.40 bits per heavy atom. The number of alkyl halides is 2. The quantitative estimate of drug-likeness (QED) is 0.721. The first-order valence-electron chi connectivity index (χ1n) is 5.39. The molecular weight excluding hydrogens is 424 g/mol. The van der Waals surface area contributed by atoms with Crippen LogP contribution in [0.5, 0.6) is 0 Å². The average Bonchev–Trinajstić information content (AvgIpc) is 2.64. The molecular formula is C11H11Br2F2NO3S. The van der Waals surface area contributed by atoms with Gasteiger partial charge in [0.25, 0.3) is 5.91 Å². The minimum atomic E-state index is -2.72. The van der Waals surface area contributed by atoms with Crippen molar-refractivity contribution in [3.8, 4) is 0 Å². The van der Waals surface area contributed by atoms with Crippen molar-refractivity contribution < 1.29 is 23.1 Å². The molecule has 1 amide bonds. The second-order valence-electron chi connectivity index (χ2n) is 3.82. The number of esters is 1. The molecule has 1 atom stereocenters. The molecule has 0 aliphatic rings. The number of hydrogen-bond acceptors (Lipinski definition) is 4. The lowest BCUT2D eigenvalue weighted by atomic mass is 10.2. The maximum Gasteiger partial charge on any atom is 0.328 e. The minimum Gasteiger partial charge on any atom is -0.467 e. The standard InChI is InChI=1S/C11H11Br2F2NO3S/c1-4-7(12)9(13)20-8(4)10(17)16-5(3-6(14)15)11(18)19-2/h5-6H,3H2,1-2H3,(H,16,17). The highest BCUT2D eigenvalue weighted by Gasteiger charge is 2.27. The Labute approximate surface area is 135 Å². The SMILES string of the molecule is COC(=O)C(CC(F)F)NC(=O)c1sc(Br)c(Br)c1C. The Bertz CT molecular complexity index is 522. The number of rotatable bonds is 5. The third-order valence-corrected chi connectivity index (χ3v) is 6.19. The van der Waals surface area contributed by atoms with Gasteiger partial charge in [-0.25, -0.2) is 13.6 Å². The molecule has 0 radical (unpaired) electrons. The van der Waals surface area contributed by atoms with Gasteiger partial charge in [-0.3, -0.25) is 4.79 Å². The number of hydrogen-bond donors (Lipinski definition) is 1. The predicted octanol–water partition coefficient (Wildman–Crippen LogP) is 3.51. The van der Waals surface area contributed by atoms with Crippen molar-refractivity contribution in [3.63, 3.8) is 0 Å². The number of thiophene rings is 1. The summed E-state index contributed by atoms with van der Waals surface area (Å²) in [5, 5.41) is 2.27. The molecule has 0 spiro atoms. The maximum absolute atomic E-state index is 12.4. The summed E-state index contributed by atoms with van der Waals surface area (Å²) in [7, 11) is 1.08. The van der Waals surface area contributed by atoms with Gasteiger partial charge < -0.3 is 10.1 Å². The van der Waals surface area contributed by atoms with E-state index in [9.17, 15) is 18.4 Å². The van der Waals surface area contributed by atoms with E-state index in [1.54, 1.807) is 6.92 Å². The summed E-state index contributed by atoms with van der Waals surface area (Å²) >= 11 is 7.70. The number of ether oxygens (including phenoxy) is 1. The first-order valence-corrected chi connectivity index (χ1v) is 7.79. The van der Waals surface area contributed by atoms with Gasteiger partial charge in [-0.15, -0.1) is 11.3 Å². The first kappa shape index (κ1) is 17.5. The number of methoxy groups -OCH3 is 1. The van der Waals surface area contributed by atoms with Crippen LogP contribution in [0.4, 0.5) is 8.78 Å². The van der Waals surface area contributed by atoms with E-state index >= 15 is 0 Å². The lowest BCUT2D eigenvalue weighted by molar-refractivity contribution is -0.144. The van der Waals surface area contributed by atoms with Crippen LogP contribution in [0.2, 0.25) is 0 Å². The fourth-order valence-electron chi connectivity index (χ4n) is 1.43. The molecule has 0 bridgehead atoms. The molecule has 1 rings (SSSR count). The van der Waals surface area contributed by atoms with Crippen LogP contribution in [-0.2, 0) is 9.53 Å². The van der Waals surface area contributed by atoms with Gasteiger partial charge in [0.15, 0.2) is 0 Å². The molecule has 9 heteroatoms. The molecule has 1 aromatic heterocycles. The van der Waals surface area contributed by atoms with Crippen LogP contribution in [0.3, 0.4) is 0 Å². The number of nitrogens with one attached hydrogen (secondary N) is 1. The van der Waals surface area contributed by atoms with E-state index in [1.807, 2.05) is 0 Å². The molecule has 0 aromatic carbocycles. The summed E-state index contributed by atoms with van der Waals surface area (Å²) < 4.78 is 30.7. The van der Waals surface area contributed by atoms with Crippen LogP contribution < -0.4 is 5.32 Å². The number of halogens is 4. The molecule has 112 valence electrons. The highest BCUT2D eigenvalue weighted by atomic mass is 79.9. The molecule has 20 heavy (non-hydrogen) atoms. The first-order chi connectivity index (χ1) is 9.27. The van der Waals surface area contributed by atoms with Crippen LogP contribution in [0.25, 0.3) is 0 Å². The third-order valence-electron chi connectivity index (χ3n) is 2.45. The molecule has 0 saturated heterocycles. The van der Waals surface area contributed by atoms with Gasteiger partial charge in [0.05, 0.1) is 15.8 Å². The van der Waals surface area contributed by atoms with E-state index in [0.717, 1.165) is 22.9 Å². The van der Waals surface area contributed by atoms with Crippen LogP contribution >= 0.6 is 43.2 Å². The van der Waals surface area contributed by atoms with Gasteiger partial charge in [0.2, 0.25) is 6.43 Å². The molecule has 1 N–H and O–H groups in total. The maximum atomic E-state index is 12.4. The van der Waals surface area contributed by atoms with Crippen LogP contribution in [-0.4, -0.2) is 31.5 Å². The fraction of sp³-hybridized carbons (Fsp3) is 0.455. The molecule has 0 fully saturated rings.